The predicted octanol–water partition coefficient (Wildman–Crippen LogP) is 8.08. The van der Waals surface area contributed by atoms with E-state index in [4.69, 9.17) is 4.74 Å². The van der Waals surface area contributed by atoms with E-state index in [1.54, 1.807) is 6.07 Å². The van der Waals surface area contributed by atoms with E-state index >= 15 is 4.39 Å². The summed E-state index contributed by atoms with van der Waals surface area (Å²) >= 11 is 0. The van der Waals surface area contributed by atoms with Gasteiger partial charge in [-0.15, -0.1) is 0 Å². The van der Waals surface area contributed by atoms with Crippen molar-refractivity contribution in [2.45, 2.75) is 105 Å². The van der Waals surface area contributed by atoms with E-state index in [-0.39, 0.29) is 47.9 Å². The van der Waals surface area contributed by atoms with Gasteiger partial charge >= 0.3 is 0 Å². The summed E-state index contributed by atoms with van der Waals surface area (Å²) in [6.45, 7) is 15.3. The Hall–Kier alpha value is -3.31. The van der Waals surface area contributed by atoms with Gasteiger partial charge in [0.1, 0.15) is 23.4 Å². The van der Waals surface area contributed by atoms with E-state index in [0.29, 0.717) is 53.3 Å². The molecule has 4 fully saturated rings. The van der Waals surface area contributed by atoms with Crippen molar-refractivity contribution >= 4 is 15.9 Å². The second kappa shape index (κ2) is 16.0. The van der Waals surface area contributed by atoms with Gasteiger partial charge in [0.05, 0.1) is 5.75 Å². The zero-order chi connectivity index (χ0) is 39.0. The number of sulfonamides is 1. The summed E-state index contributed by atoms with van der Waals surface area (Å²) in [5, 5.41) is 3.30. The summed E-state index contributed by atoms with van der Waals surface area (Å²) in [5.41, 5.74) is 2.61. The van der Waals surface area contributed by atoms with Gasteiger partial charge in [0.25, 0.3) is 0 Å². The number of para-hydroxylation sites is 1. The summed E-state index contributed by atoms with van der Waals surface area (Å²) in [4.78, 5) is 18.3. The van der Waals surface area contributed by atoms with Crippen molar-refractivity contribution < 1.29 is 22.3 Å². The second-order valence-corrected chi connectivity index (χ2v) is 20.3. The van der Waals surface area contributed by atoms with E-state index in [1.807, 2.05) is 60.7 Å². The van der Waals surface area contributed by atoms with Crippen LogP contribution in [0.5, 0.6) is 11.5 Å². The lowest BCUT2D eigenvalue weighted by Crippen LogP contribution is -2.61. The van der Waals surface area contributed by atoms with Crippen LogP contribution < -0.4 is 10.1 Å². The summed E-state index contributed by atoms with van der Waals surface area (Å²) < 4.78 is 50.4. The van der Waals surface area contributed by atoms with E-state index in [9.17, 15) is 13.2 Å². The third-order valence-electron chi connectivity index (χ3n) is 12.4. The molecule has 1 aliphatic heterocycles. The molecule has 1 heterocycles. The molecule has 0 radical (unpaired) electrons. The van der Waals surface area contributed by atoms with Gasteiger partial charge in [-0.2, -0.15) is 4.31 Å². The Bertz CT molecular complexity index is 1880. The zero-order valence-electron chi connectivity index (χ0n) is 33.5. The highest BCUT2D eigenvalue weighted by Gasteiger charge is 2.56. The lowest BCUT2D eigenvalue weighted by Gasteiger charge is -2.62. The first-order valence-electron chi connectivity index (χ1n) is 19.7. The molecule has 10 heteroatoms. The van der Waals surface area contributed by atoms with Crippen molar-refractivity contribution in [3.05, 3.63) is 95.3 Å². The SMILES string of the molecule is C[C@@H]1[C@@H](NC(=O)C2CCS(=O)(=O)N2Cc2cccc(CN(Cc3c(F)cccc3Oc3ccccc3)[C@H](CN(C)C)CC(C)(C)C)c2)C[C@H]2C[C@@H]1C2(C)C. The largest absolute Gasteiger partial charge is 0.457 e. The van der Waals surface area contributed by atoms with Crippen LogP contribution in [0.3, 0.4) is 0 Å². The maximum absolute atomic E-state index is 15.8. The molecule has 3 aromatic rings. The molecule has 1 amide bonds. The smallest absolute Gasteiger partial charge is 0.238 e. The molecule has 6 atom stereocenters. The quantitative estimate of drug-likeness (QED) is 0.179. The highest BCUT2D eigenvalue weighted by atomic mass is 32.2. The van der Waals surface area contributed by atoms with Crippen LogP contribution in [0.2, 0.25) is 0 Å². The summed E-state index contributed by atoms with van der Waals surface area (Å²) in [6, 6.07) is 21.8. The van der Waals surface area contributed by atoms with Gasteiger partial charge in [-0.25, -0.2) is 12.8 Å². The molecular weight excluding hydrogens is 700 g/mol. The zero-order valence-corrected chi connectivity index (χ0v) is 34.3. The van der Waals surface area contributed by atoms with Crippen molar-refractivity contribution in [1.82, 2.24) is 19.4 Å². The molecule has 4 aliphatic rings. The average Bonchev–Trinajstić information content (AvgIpc) is 3.39. The van der Waals surface area contributed by atoms with Crippen LogP contribution in [0.15, 0.2) is 72.8 Å². The van der Waals surface area contributed by atoms with E-state index in [2.05, 4.69) is 70.8 Å². The van der Waals surface area contributed by atoms with Crippen LogP contribution in [-0.4, -0.2) is 72.9 Å². The number of carbonyl (C=O) groups excluding carboxylic acids is 1. The van der Waals surface area contributed by atoms with Gasteiger partial charge in [0.15, 0.2) is 0 Å². The van der Waals surface area contributed by atoms with Crippen molar-refractivity contribution in [2.24, 2.45) is 28.6 Å². The van der Waals surface area contributed by atoms with Gasteiger partial charge in [0.2, 0.25) is 15.9 Å². The van der Waals surface area contributed by atoms with E-state index < -0.39 is 16.1 Å². The van der Waals surface area contributed by atoms with Gasteiger partial charge in [0, 0.05) is 43.8 Å². The number of amides is 1. The molecule has 8 nitrogen and oxygen atoms in total. The van der Waals surface area contributed by atoms with E-state index in [1.165, 1.54) is 16.8 Å². The monoisotopic (exact) mass is 760 g/mol. The fourth-order valence-corrected chi connectivity index (χ4v) is 11.1. The van der Waals surface area contributed by atoms with Crippen molar-refractivity contribution in [1.29, 1.82) is 0 Å². The fraction of sp³-hybridized carbons (Fsp3) is 0.568. The van der Waals surface area contributed by atoms with Crippen LogP contribution in [-0.2, 0) is 34.5 Å². The van der Waals surface area contributed by atoms with Gasteiger partial charge < -0.3 is 15.0 Å². The third-order valence-corrected chi connectivity index (χ3v) is 14.3. The number of halogens is 1. The van der Waals surface area contributed by atoms with Crippen LogP contribution in [0, 0.1) is 34.4 Å². The number of hydrogen-bond donors (Lipinski definition) is 1. The van der Waals surface area contributed by atoms with Crippen LogP contribution >= 0.6 is 0 Å². The highest BCUT2D eigenvalue weighted by Crippen LogP contribution is 2.61. The molecule has 1 saturated heterocycles. The number of benzene rings is 3. The molecule has 0 spiro atoms. The fourth-order valence-electron chi connectivity index (χ4n) is 9.40. The highest BCUT2D eigenvalue weighted by molar-refractivity contribution is 7.89. The minimum atomic E-state index is -3.61. The van der Waals surface area contributed by atoms with Gasteiger partial charge in [-0.3, -0.25) is 9.69 Å². The number of carbonyl (C=O) groups is 1. The Balaban J connectivity index is 1.24. The Morgan fingerprint density at radius 3 is 2.37 bits per heavy atom. The summed E-state index contributed by atoms with van der Waals surface area (Å²) in [5.74, 6) is 2.11. The summed E-state index contributed by atoms with van der Waals surface area (Å²) in [7, 11) is 0.504. The van der Waals surface area contributed by atoms with E-state index in [0.717, 1.165) is 30.5 Å². The number of rotatable bonds is 14. The number of nitrogens with one attached hydrogen (secondary N) is 1. The number of fused-ring (bicyclic) bond motifs is 2. The Kier molecular flexibility index (Phi) is 12.0. The standard InChI is InChI=1S/C44H61FN4O4S/c1-30-37-23-33(44(37,5)6)24-39(30)46-42(50)40-20-21-54(51,52)49(40)27-32-15-12-14-31(22-32)26-48(34(28-47(7)8)25-43(2,3)4)29-36-38(45)18-13-19-41(36)53-35-16-10-9-11-17-35/h9-19,22,30,33-34,37,39-40H,20-21,23-29H2,1-8H3,(H,46,50)/t30-,33+,34-,37-,39-,40?/m0/s1. The van der Waals surface area contributed by atoms with Crippen molar-refractivity contribution in [2.75, 3.05) is 26.4 Å². The number of hydrogen-bond acceptors (Lipinski definition) is 6. The number of nitrogens with zero attached hydrogens (tertiary/aromatic N) is 3. The minimum absolute atomic E-state index is 0.00510. The Morgan fingerprint density at radius 1 is 1.00 bits per heavy atom. The number of ether oxygens (including phenoxy) is 1. The first-order chi connectivity index (χ1) is 25.4. The lowest BCUT2D eigenvalue weighted by molar-refractivity contribution is -0.136. The van der Waals surface area contributed by atoms with Gasteiger partial charge in [-0.1, -0.05) is 90.1 Å². The molecule has 3 saturated carbocycles. The second-order valence-electron chi connectivity index (χ2n) is 18.3. The number of likely N-dealkylation sites (N-methyl/N-ethyl adjacent to an activating group) is 1. The molecule has 7 rings (SSSR count). The molecular formula is C44H61FN4O4S. The van der Waals surface area contributed by atoms with Crippen molar-refractivity contribution in [3.8, 4) is 11.5 Å². The van der Waals surface area contributed by atoms with Crippen molar-refractivity contribution in [3.63, 3.8) is 0 Å². The normalized spacial score (nSPS) is 25.4. The first kappa shape index (κ1) is 40.4. The van der Waals surface area contributed by atoms with Crippen LogP contribution in [0.4, 0.5) is 4.39 Å². The Labute approximate surface area is 323 Å². The van der Waals surface area contributed by atoms with Crippen LogP contribution in [0.1, 0.15) is 83.9 Å². The molecule has 3 aromatic carbocycles. The summed E-state index contributed by atoms with van der Waals surface area (Å²) in [6.07, 6.45) is 3.32. The third kappa shape index (κ3) is 9.20. The molecule has 1 unspecified atom stereocenters. The average molecular weight is 761 g/mol. The molecule has 1 N–H and O–H groups in total. The topological polar surface area (TPSA) is 82.2 Å². The first-order valence-corrected chi connectivity index (χ1v) is 21.3. The minimum Gasteiger partial charge on any atom is -0.457 e. The lowest BCUT2D eigenvalue weighted by atomic mass is 9.45. The maximum Gasteiger partial charge on any atom is 0.238 e. The van der Waals surface area contributed by atoms with Gasteiger partial charge in [-0.05, 0) is 104 Å². The molecule has 54 heavy (non-hydrogen) atoms. The predicted molar refractivity (Wildman–Crippen MR) is 214 cm³/mol. The molecule has 3 aliphatic carbocycles. The molecule has 294 valence electrons. The maximum atomic E-state index is 15.8. The van der Waals surface area contributed by atoms with Crippen LogP contribution in [0.25, 0.3) is 0 Å². The molecule has 0 aromatic heterocycles. The Morgan fingerprint density at radius 2 is 1.70 bits per heavy atom. The molecule has 2 bridgehead atoms.